The Morgan fingerprint density at radius 2 is 1.56 bits per heavy atom. The van der Waals surface area contributed by atoms with Crippen molar-refractivity contribution in [1.82, 2.24) is 0 Å². The monoisotopic (exact) mass is 208 g/mol. The highest BCUT2D eigenvalue weighted by molar-refractivity contribution is 5.80. The molecule has 0 heteroatoms. The van der Waals surface area contributed by atoms with E-state index >= 15 is 0 Å². The molecule has 0 N–H and O–H groups in total. The van der Waals surface area contributed by atoms with Gasteiger partial charge in [-0.1, -0.05) is 55.1 Å². The number of benzene rings is 2. The molecule has 2 aromatic carbocycles. The molecule has 16 heavy (non-hydrogen) atoms. The first-order valence-electron chi connectivity index (χ1n) is 5.51. The average Bonchev–Trinajstić information content (AvgIpc) is 2.33. The van der Waals surface area contributed by atoms with Crippen molar-refractivity contribution in [2.45, 2.75) is 13.8 Å². The average molecular weight is 208 g/mol. The van der Waals surface area contributed by atoms with Gasteiger partial charge in [0.05, 0.1) is 0 Å². The third-order valence-corrected chi connectivity index (χ3v) is 3.05. The van der Waals surface area contributed by atoms with E-state index in [1.54, 1.807) is 0 Å². The van der Waals surface area contributed by atoms with Gasteiger partial charge >= 0.3 is 0 Å². The van der Waals surface area contributed by atoms with E-state index in [0.29, 0.717) is 0 Å². The van der Waals surface area contributed by atoms with Crippen molar-refractivity contribution in [1.29, 1.82) is 0 Å². The van der Waals surface area contributed by atoms with Crippen LogP contribution < -0.4 is 0 Å². The molecule has 0 saturated carbocycles. The lowest BCUT2D eigenvalue weighted by Gasteiger charge is -2.11. The van der Waals surface area contributed by atoms with Crippen molar-refractivity contribution >= 4 is 5.57 Å². The lowest BCUT2D eigenvalue weighted by molar-refractivity contribution is 1.31. The summed E-state index contributed by atoms with van der Waals surface area (Å²) in [5.74, 6) is 0. The van der Waals surface area contributed by atoms with Gasteiger partial charge in [0, 0.05) is 0 Å². The van der Waals surface area contributed by atoms with E-state index < -0.39 is 0 Å². The van der Waals surface area contributed by atoms with Crippen LogP contribution >= 0.6 is 0 Å². The van der Waals surface area contributed by atoms with Crippen molar-refractivity contribution in [3.63, 3.8) is 0 Å². The van der Waals surface area contributed by atoms with E-state index in [-0.39, 0.29) is 0 Å². The van der Waals surface area contributed by atoms with E-state index in [2.05, 4.69) is 50.8 Å². The second-order valence-corrected chi connectivity index (χ2v) is 4.09. The van der Waals surface area contributed by atoms with Gasteiger partial charge < -0.3 is 0 Å². The molecule has 0 atom stereocenters. The van der Waals surface area contributed by atoms with E-state index in [0.717, 1.165) is 5.57 Å². The molecular formula is C16H16. The second-order valence-electron chi connectivity index (χ2n) is 4.09. The van der Waals surface area contributed by atoms with E-state index in [1.807, 2.05) is 18.2 Å². The number of rotatable bonds is 2. The molecule has 0 aliphatic heterocycles. The fraction of sp³-hybridized carbons (Fsp3) is 0.125. The van der Waals surface area contributed by atoms with Gasteiger partial charge in [-0.15, -0.1) is 0 Å². The molecule has 0 unspecified atom stereocenters. The van der Waals surface area contributed by atoms with Gasteiger partial charge in [0.1, 0.15) is 0 Å². The maximum atomic E-state index is 4.20. The highest BCUT2D eigenvalue weighted by atomic mass is 14.1. The Bertz CT molecular complexity index is 507. The Hall–Kier alpha value is -1.82. The molecule has 0 nitrogen and oxygen atoms in total. The lowest BCUT2D eigenvalue weighted by atomic mass is 9.93. The zero-order valence-corrected chi connectivity index (χ0v) is 9.83. The second kappa shape index (κ2) is 4.36. The molecule has 0 saturated heterocycles. The normalized spacial score (nSPS) is 10.1. The van der Waals surface area contributed by atoms with Crippen LogP contribution in [0.25, 0.3) is 5.57 Å². The van der Waals surface area contributed by atoms with Crippen LogP contribution in [0.1, 0.15) is 22.3 Å². The van der Waals surface area contributed by atoms with E-state index in [1.165, 1.54) is 22.3 Å². The summed E-state index contributed by atoms with van der Waals surface area (Å²) in [4.78, 5) is 0. The van der Waals surface area contributed by atoms with Gasteiger partial charge in [-0.3, -0.25) is 0 Å². The van der Waals surface area contributed by atoms with Crippen LogP contribution in [0.15, 0.2) is 55.1 Å². The van der Waals surface area contributed by atoms with Gasteiger partial charge in [-0.25, -0.2) is 0 Å². The molecule has 80 valence electrons. The molecule has 2 rings (SSSR count). The van der Waals surface area contributed by atoms with Crippen molar-refractivity contribution in [2.24, 2.45) is 0 Å². The predicted molar refractivity (Wildman–Crippen MR) is 70.5 cm³/mol. The van der Waals surface area contributed by atoms with E-state index in [9.17, 15) is 0 Å². The molecule has 0 spiro atoms. The summed E-state index contributed by atoms with van der Waals surface area (Å²) in [6.07, 6.45) is 0. The molecule has 0 bridgehead atoms. The fourth-order valence-corrected chi connectivity index (χ4v) is 1.87. The Morgan fingerprint density at radius 1 is 0.875 bits per heavy atom. The predicted octanol–water partition coefficient (Wildman–Crippen LogP) is 4.36. The summed E-state index contributed by atoms with van der Waals surface area (Å²) in [6, 6.07) is 16.7. The Kier molecular flexibility index (Phi) is 2.91. The summed E-state index contributed by atoms with van der Waals surface area (Å²) in [5, 5.41) is 0. The summed E-state index contributed by atoms with van der Waals surface area (Å²) in [6.45, 7) is 8.48. The van der Waals surface area contributed by atoms with Gasteiger partial charge in [0.25, 0.3) is 0 Å². The number of aryl methyl sites for hydroxylation is 1. The van der Waals surface area contributed by atoms with Crippen LogP contribution in [0.3, 0.4) is 0 Å². The number of hydrogen-bond acceptors (Lipinski definition) is 0. The van der Waals surface area contributed by atoms with Crippen LogP contribution in [0.2, 0.25) is 0 Å². The third-order valence-electron chi connectivity index (χ3n) is 3.05. The first kappa shape index (κ1) is 10.7. The van der Waals surface area contributed by atoms with Gasteiger partial charge in [0.2, 0.25) is 0 Å². The zero-order chi connectivity index (χ0) is 11.5. The van der Waals surface area contributed by atoms with Crippen molar-refractivity contribution in [2.75, 3.05) is 0 Å². The summed E-state index contributed by atoms with van der Waals surface area (Å²) in [7, 11) is 0. The Morgan fingerprint density at radius 3 is 2.25 bits per heavy atom. The molecule has 0 fully saturated rings. The molecule has 2 aromatic rings. The largest absolute Gasteiger partial charge is 0.0905 e. The maximum Gasteiger partial charge on any atom is -0.0152 e. The van der Waals surface area contributed by atoms with Crippen molar-refractivity contribution < 1.29 is 0 Å². The van der Waals surface area contributed by atoms with Crippen LogP contribution in [0.5, 0.6) is 0 Å². The van der Waals surface area contributed by atoms with Crippen LogP contribution in [-0.2, 0) is 0 Å². The van der Waals surface area contributed by atoms with Crippen molar-refractivity contribution in [3.8, 4) is 0 Å². The number of hydrogen-bond donors (Lipinski definition) is 0. The first-order chi connectivity index (χ1) is 7.70. The molecule has 0 aromatic heterocycles. The minimum absolute atomic E-state index is 1.10. The van der Waals surface area contributed by atoms with Crippen LogP contribution in [0, 0.1) is 13.8 Å². The smallest absolute Gasteiger partial charge is 0.0152 e. The molecular weight excluding hydrogens is 192 g/mol. The van der Waals surface area contributed by atoms with Crippen molar-refractivity contribution in [3.05, 3.63) is 77.4 Å². The maximum absolute atomic E-state index is 4.20. The highest BCUT2D eigenvalue weighted by Crippen LogP contribution is 2.25. The summed E-state index contributed by atoms with van der Waals surface area (Å²) >= 11 is 0. The Labute approximate surface area is 97.3 Å². The van der Waals surface area contributed by atoms with Crippen LogP contribution in [-0.4, -0.2) is 0 Å². The van der Waals surface area contributed by atoms with Gasteiger partial charge in [-0.2, -0.15) is 0 Å². The van der Waals surface area contributed by atoms with Gasteiger partial charge in [-0.05, 0) is 41.7 Å². The molecule has 0 aliphatic carbocycles. The van der Waals surface area contributed by atoms with Crippen LogP contribution in [0.4, 0.5) is 0 Å². The Balaban J connectivity index is 2.46. The lowest BCUT2D eigenvalue weighted by Crippen LogP contribution is -1.92. The quantitative estimate of drug-likeness (QED) is 0.687. The first-order valence-corrected chi connectivity index (χ1v) is 5.51. The minimum atomic E-state index is 1.10. The SMILES string of the molecule is C=C(c1ccccc1)c1cccc(C)c1C. The topological polar surface area (TPSA) is 0 Å². The molecule has 0 heterocycles. The standard InChI is InChI=1S/C16H16/c1-12-8-7-11-16(13(12)2)14(3)15-9-5-4-6-10-15/h4-11H,3H2,1-2H3. The fourth-order valence-electron chi connectivity index (χ4n) is 1.87. The van der Waals surface area contributed by atoms with Gasteiger partial charge in [0.15, 0.2) is 0 Å². The molecule has 0 radical (unpaired) electrons. The zero-order valence-electron chi connectivity index (χ0n) is 9.83. The third kappa shape index (κ3) is 1.92. The highest BCUT2D eigenvalue weighted by Gasteiger charge is 2.05. The summed E-state index contributed by atoms with van der Waals surface area (Å²) in [5.41, 5.74) is 6.16. The van der Waals surface area contributed by atoms with E-state index in [4.69, 9.17) is 0 Å². The molecule has 0 aliphatic rings. The molecule has 0 amide bonds. The summed E-state index contributed by atoms with van der Waals surface area (Å²) < 4.78 is 0. The minimum Gasteiger partial charge on any atom is -0.0905 e.